The predicted molar refractivity (Wildman–Crippen MR) is 332 cm³/mol. The van der Waals surface area contributed by atoms with Gasteiger partial charge < -0.3 is 49.1 Å². The molecule has 0 bridgehead atoms. The van der Waals surface area contributed by atoms with Gasteiger partial charge in [0.25, 0.3) is 0 Å². The normalized spacial score (nSPS) is 19.8. The van der Waals surface area contributed by atoms with Crippen molar-refractivity contribution in [3.05, 3.63) is 138 Å². The van der Waals surface area contributed by atoms with Crippen LogP contribution in [0.25, 0.3) is 33.4 Å². The molecule has 7 aromatic heterocycles. The van der Waals surface area contributed by atoms with E-state index in [-0.39, 0.29) is 0 Å². The third kappa shape index (κ3) is 19.0. The molecule has 0 spiro atoms. The fourth-order valence-electron chi connectivity index (χ4n) is 9.99. The Hall–Kier alpha value is -6.69. The molecule has 0 saturated heterocycles. The Morgan fingerprint density at radius 3 is 1.19 bits per heavy atom. The number of aromatic nitrogens is 7. The molecule has 3 fully saturated rings. The SMILES string of the molecule is CC(C)CNc1cc(-c2cc(N[C@H]3CC[C@H](N)CC3)ncc2Cl)ccn1.CC(C)CNc1cc(-c2ccnc(N[C@H]3CC[C@H](N)CC3)c2)ccn1.N[C@H]1CC[C@H](Nc2cc(-c3ccnc(NCc4cccnc4)c3)c(Cl)cn2)CC1. The Morgan fingerprint density at radius 2 is 0.787 bits per heavy atom. The predicted octanol–water partition coefficient (Wildman–Crippen LogP) is 12.9. The smallest absolute Gasteiger partial charge is 0.126 e. The number of hydrogen-bond acceptors (Lipinski definition) is 16. The zero-order chi connectivity index (χ0) is 56.2. The highest BCUT2D eigenvalue weighted by molar-refractivity contribution is 6.33. The van der Waals surface area contributed by atoms with Gasteiger partial charge in [-0.1, -0.05) is 57.0 Å². The number of hydrogen-bond donors (Lipinski definition) is 9. The van der Waals surface area contributed by atoms with Gasteiger partial charge in [-0.2, -0.15) is 0 Å². The Morgan fingerprint density at radius 1 is 0.425 bits per heavy atom. The van der Waals surface area contributed by atoms with E-state index in [2.05, 4.69) is 107 Å². The van der Waals surface area contributed by atoms with Gasteiger partial charge in [0.1, 0.15) is 34.9 Å². The van der Waals surface area contributed by atoms with Crippen molar-refractivity contribution in [2.75, 3.05) is 45.0 Å². The fraction of sp³-hybridized carbons (Fsp3) is 0.435. The van der Waals surface area contributed by atoms with Crippen LogP contribution in [0, 0.1) is 11.8 Å². The summed E-state index contributed by atoms with van der Waals surface area (Å²) in [6.07, 6.45) is 27.3. The van der Waals surface area contributed by atoms with Gasteiger partial charge in [0, 0.05) is 117 Å². The molecule has 3 aliphatic carbocycles. The Bertz CT molecular complexity index is 2980. The van der Waals surface area contributed by atoms with Gasteiger partial charge in [0.2, 0.25) is 0 Å². The molecule has 12 N–H and O–H groups in total. The van der Waals surface area contributed by atoms with Crippen LogP contribution in [0.1, 0.15) is 110 Å². The monoisotopic (exact) mass is 1120 g/mol. The number of halogens is 2. The second-order valence-electron chi connectivity index (χ2n) is 22.4. The van der Waals surface area contributed by atoms with Crippen LogP contribution < -0.4 is 49.1 Å². The molecule has 424 valence electrons. The molecule has 7 aromatic rings. The van der Waals surface area contributed by atoms with Crippen molar-refractivity contribution < 1.29 is 0 Å². The van der Waals surface area contributed by atoms with E-state index in [9.17, 15) is 0 Å². The Kier molecular flexibility index (Phi) is 22.4. The highest BCUT2D eigenvalue weighted by Gasteiger charge is 2.22. The molecule has 10 rings (SSSR count). The lowest BCUT2D eigenvalue weighted by atomic mass is 9.92. The first-order valence-corrected chi connectivity index (χ1v) is 29.4. The summed E-state index contributed by atoms with van der Waals surface area (Å²) in [7, 11) is 0. The molecule has 16 nitrogen and oxygen atoms in total. The average molecular weight is 1120 g/mol. The Labute approximate surface area is 483 Å². The van der Waals surface area contributed by atoms with Crippen LogP contribution in [0.4, 0.5) is 34.9 Å². The summed E-state index contributed by atoms with van der Waals surface area (Å²) in [5.41, 5.74) is 25.3. The van der Waals surface area contributed by atoms with Gasteiger partial charge in [-0.25, -0.2) is 29.9 Å². The van der Waals surface area contributed by atoms with Gasteiger partial charge in [-0.3, -0.25) is 4.98 Å². The van der Waals surface area contributed by atoms with Crippen molar-refractivity contribution in [2.24, 2.45) is 29.0 Å². The molecule has 0 radical (unpaired) electrons. The molecule has 0 unspecified atom stereocenters. The molecular weight excluding hydrogens is 1040 g/mol. The summed E-state index contributed by atoms with van der Waals surface area (Å²) in [5.74, 6) is 6.35. The standard InChI is InChI=1S/C22H25ClN6.C20H28ClN5.C20H29N5/c23-20-14-28-22(29-18-5-3-17(24)4-6-18)11-19(20)16-7-9-26-21(10-16)27-13-15-2-1-8-25-12-15;1-13(2)11-24-19-9-14(7-8-23-19)17-10-20(25-12-18(17)21)26-16-5-3-15(22)4-6-16;1-14(2)13-24-19-11-15(7-9-22-19)16-8-10-23-20(12-16)25-18-5-3-17(21)4-6-18/h1-2,7-12,14,17-18H,3-6,13,24H2,(H,26,27)(H,28,29);7-10,12-13,15-16H,3-6,11,22H2,1-2H3,(H,23,24)(H,25,26);7-12,14,17-18H,3-6,13,21H2,1-2H3,(H,22,24)(H,23,25)/t17-,18-;15-,16-;17-,18-. The summed E-state index contributed by atoms with van der Waals surface area (Å²) < 4.78 is 0. The van der Waals surface area contributed by atoms with Gasteiger partial charge in [-0.05, 0) is 183 Å². The lowest BCUT2D eigenvalue weighted by molar-refractivity contribution is 0.410. The summed E-state index contributed by atoms with van der Waals surface area (Å²) in [6.45, 7) is 11.2. The maximum Gasteiger partial charge on any atom is 0.126 e. The highest BCUT2D eigenvalue weighted by atomic mass is 35.5. The van der Waals surface area contributed by atoms with Crippen LogP contribution in [-0.2, 0) is 6.54 Å². The van der Waals surface area contributed by atoms with Gasteiger partial charge in [0.15, 0.2) is 0 Å². The van der Waals surface area contributed by atoms with Crippen molar-refractivity contribution in [3.63, 3.8) is 0 Å². The van der Waals surface area contributed by atoms with Crippen LogP contribution >= 0.6 is 23.2 Å². The molecule has 7 heterocycles. The fourth-order valence-corrected chi connectivity index (χ4v) is 10.4. The minimum absolute atomic E-state index is 0.330. The topological polar surface area (TPSA) is 240 Å². The van der Waals surface area contributed by atoms with Gasteiger partial charge in [0.05, 0.1) is 10.0 Å². The van der Waals surface area contributed by atoms with Gasteiger partial charge in [-0.15, -0.1) is 0 Å². The Balaban J connectivity index is 0.000000158. The van der Waals surface area contributed by atoms with Crippen LogP contribution in [-0.4, -0.2) is 84.2 Å². The molecule has 0 aliphatic heterocycles. The van der Waals surface area contributed by atoms with Crippen molar-refractivity contribution in [1.82, 2.24) is 34.9 Å². The maximum absolute atomic E-state index is 6.46. The van der Waals surface area contributed by atoms with E-state index in [1.807, 2.05) is 85.5 Å². The van der Waals surface area contributed by atoms with Crippen molar-refractivity contribution >= 4 is 58.1 Å². The van der Waals surface area contributed by atoms with Crippen LogP contribution in [0.3, 0.4) is 0 Å². The second-order valence-corrected chi connectivity index (χ2v) is 23.2. The largest absolute Gasteiger partial charge is 0.370 e. The quantitative estimate of drug-likeness (QED) is 0.0388. The number of nitrogens with two attached hydrogens (primary N) is 3. The highest BCUT2D eigenvalue weighted by Crippen LogP contribution is 2.34. The zero-order valence-corrected chi connectivity index (χ0v) is 48.4. The van der Waals surface area contributed by atoms with E-state index < -0.39 is 0 Å². The first-order chi connectivity index (χ1) is 38.8. The number of anilines is 6. The van der Waals surface area contributed by atoms with Crippen molar-refractivity contribution in [3.8, 4) is 33.4 Å². The van der Waals surface area contributed by atoms with E-state index in [0.717, 1.165) is 164 Å². The minimum Gasteiger partial charge on any atom is -0.370 e. The first-order valence-electron chi connectivity index (χ1n) is 28.6. The average Bonchev–Trinajstić information content (AvgIpc) is 3.48. The maximum atomic E-state index is 6.46. The molecule has 18 heteroatoms. The van der Waals surface area contributed by atoms with Crippen molar-refractivity contribution in [1.29, 1.82) is 0 Å². The third-order valence-electron chi connectivity index (χ3n) is 14.7. The van der Waals surface area contributed by atoms with Crippen molar-refractivity contribution in [2.45, 2.75) is 148 Å². The number of rotatable bonds is 18. The number of pyridine rings is 7. The van der Waals surface area contributed by atoms with Crippen LogP contribution in [0.5, 0.6) is 0 Å². The molecular formula is C62H82Cl2N16. The summed E-state index contributed by atoms with van der Waals surface area (Å²) in [6, 6.07) is 26.6. The number of nitrogens with one attached hydrogen (secondary N) is 6. The van der Waals surface area contributed by atoms with Crippen LogP contribution in [0.15, 0.2) is 122 Å². The molecule has 80 heavy (non-hydrogen) atoms. The summed E-state index contributed by atoms with van der Waals surface area (Å²) in [5, 5.41) is 22.0. The first kappa shape index (κ1) is 59.4. The van der Waals surface area contributed by atoms with Crippen LogP contribution in [0.2, 0.25) is 10.0 Å². The molecule has 3 aliphatic rings. The van der Waals surface area contributed by atoms with E-state index in [4.69, 9.17) is 40.4 Å². The molecule has 0 aromatic carbocycles. The minimum atomic E-state index is 0.330. The lowest BCUT2D eigenvalue weighted by Gasteiger charge is -2.27. The van der Waals surface area contributed by atoms with E-state index in [1.54, 1.807) is 24.8 Å². The third-order valence-corrected chi connectivity index (χ3v) is 15.3. The van der Waals surface area contributed by atoms with Gasteiger partial charge >= 0.3 is 0 Å². The molecule has 0 atom stereocenters. The summed E-state index contributed by atoms with van der Waals surface area (Å²) >= 11 is 12.9. The molecule has 3 saturated carbocycles. The number of nitrogens with zero attached hydrogens (tertiary/aromatic N) is 7. The van der Waals surface area contributed by atoms with E-state index in [1.165, 1.54) is 0 Å². The molecule has 0 amide bonds. The second kappa shape index (κ2) is 30.2. The zero-order valence-electron chi connectivity index (χ0n) is 46.9. The summed E-state index contributed by atoms with van der Waals surface area (Å²) in [4.78, 5) is 30.8. The van der Waals surface area contributed by atoms with E-state index in [0.29, 0.717) is 64.7 Å². The lowest BCUT2D eigenvalue weighted by Crippen LogP contribution is -2.33. The van der Waals surface area contributed by atoms with E-state index >= 15 is 0 Å².